The number of rotatable bonds is 7. The molecule has 0 radical (unpaired) electrons. The van der Waals surface area contributed by atoms with E-state index in [2.05, 4.69) is 25.6 Å². The molecule has 9 nitrogen and oxygen atoms in total. The molecule has 0 spiro atoms. The summed E-state index contributed by atoms with van der Waals surface area (Å²) in [4.78, 5) is 36.1. The van der Waals surface area contributed by atoms with Crippen molar-refractivity contribution < 1.29 is 14.3 Å². The Hall–Kier alpha value is -2.94. The van der Waals surface area contributed by atoms with Crippen LogP contribution in [0.4, 0.5) is 16.3 Å². The Bertz CT molecular complexity index is 898. The van der Waals surface area contributed by atoms with Crippen LogP contribution in [0.25, 0.3) is 0 Å². The molecule has 2 amide bonds. The summed E-state index contributed by atoms with van der Waals surface area (Å²) in [7, 11) is 0. The largest absolute Gasteiger partial charge is 0.444 e. The van der Waals surface area contributed by atoms with Gasteiger partial charge in [0, 0.05) is 30.5 Å². The van der Waals surface area contributed by atoms with Gasteiger partial charge >= 0.3 is 6.09 Å². The standard InChI is InChI=1S/C19H25ClN6O3/c1-5-13-15(20)26-17(14(25-13)16(21)27)24-12-7-8-22-11(10-12)6-9-23-18(28)29-19(2,3)4/h7-8,10H,5-6,9H2,1-4H3,(H2,21,27)(H,23,28)(H,22,24,26). The zero-order valence-electron chi connectivity index (χ0n) is 16.9. The minimum absolute atomic E-state index is 0.0104. The van der Waals surface area contributed by atoms with Crippen molar-refractivity contribution in [2.45, 2.75) is 46.1 Å². The zero-order chi connectivity index (χ0) is 21.6. The summed E-state index contributed by atoms with van der Waals surface area (Å²) in [6.07, 6.45) is 2.12. The molecule has 0 fully saturated rings. The average molecular weight is 421 g/mol. The lowest BCUT2D eigenvalue weighted by Gasteiger charge is -2.19. The van der Waals surface area contributed by atoms with E-state index in [9.17, 15) is 9.59 Å². The molecule has 0 aromatic carbocycles. The number of carbonyl (C=O) groups excluding carboxylic acids is 2. The Morgan fingerprint density at radius 1 is 1.28 bits per heavy atom. The van der Waals surface area contributed by atoms with Gasteiger partial charge in [-0.05, 0) is 39.3 Å². The van der Waals surface area contributed by atoms with Crippen molar-refractivity contribution in [1.29, 1.82) is 0 Å². The highest BCUT2D eigenvalue weighted by Gasteiger charge is 2.17. The number of ether oxygens (including phenoxy) is 1. The lowest BCUT2D eigenvalue weighted by Crippen LogP contribution is -2.33. The predicted octanol–water partition coefficient (Wildman–Crippen LogP) is 3.00. The summed E-state index contributed by atoms with van der Waals surface area (Å²) in [6, 6.07) is 3.48. The lowest BCUT2D eigenvalue weighted by molar-refractivity contribution is 0.0528. The molecular formula is C19H25ClN6O3. The van der Waals surface area contributed by atoms with Gasteiger partial charge in [0.15, 0.2) is 16.7 Å². The summed E-state index contributed by atoms with van der Waals surface area (Å²) in [5, 5.41) is 5.89. The highest BCUT2D eigenvalue weighted by molar-refractivity contribution is 6.30. The molecule has 0 aliphatic rings. The number of alkyl carbamates (subject to hydrolysis) is 1. The van der Waals surface area contributed by atoms with Crippen molar-refractivity contribution in [2.75, 3.05) is 11.9 Å². The molecule has 0 unspecified atom stereocenters. The number of aryl methyl sites for hydroxylation is 1. The van der Waals surface area contributed by atoms with Crippen LogP contribution in [0.5, 0.6) is 0 Å². The fourth-order valence-electron chi connectivity index (χ4n) is 2.37. The number of primary amides is 1. The van der Waals surface area contributed by atoms with Crippen LogP contribution < -0.4 is 16.4 Å². The normalized spacial score (nSPS) is 11.1. The average Bonchev–Trinajstić information content (AvgIpc) is 2.60. The molecule has 2 aromatic rings. The van der Waals surface area contributed by atoms with Crippen molar-refractivity contribution in [2.24, 2.45) is 5.73 Å². The first-order valence-electron chi connectivity index (χ1n) is 9.14. The van der Waals surface area contributed by atoms with E-state index >= 15 is 0 Å². The van der Waals surface area contributed by atoms with Gasteiger partial charge in [-0.3, -0.25) is 9.78 Å². The van der Waals surface area contributed by atoms with E-state index in [1.807, 2.05) is 6.92 Å². The van der Waals surface area contributed by atoms with E-state index in [0.29, 0.717) is 30.8 Å². The number of nitrogens with one attached hydrogen (secondary N) is 2. The molecule has 0 aliphatic carbocycles. The van der Waals surface area contributed by atoms with Crippen molar-refractivity contribution >= 4 is 35.1 Å². The van der Waals surface area contributed by atoms with Gasteiger partial charge < -0.3 is 21.1 Å². The SMILES string of the molecule is CCc1nc(C(N)=O)c(Nc2ccnc(CCNC(=O)OC(C)(C)C)c2)nc1Cl. The van der Waals surface area contributed by atoms with Crippen LogP contribution in [0, 0.1) is 0 Å². The van der Waals surface area contributed by atoms with Crippen molar-refractivity contribution in [1.82, 2.24) is 20.3 Å². The molecule has 0 saturated heterocycles. The van der Waals surface area contributed by atoms with Gasteiger partial charge in [0.05, 0.1) is 5.69 Å². The quantitative estimate of drug-likeness (QED) is 0.627. The number of pyridine rings is 1. The number of amides is 2. The van der Waals surface area contributed by atoms with Crippen LogP contribution in [-0.4, -0.2) is 39.1 Å². The number of hydrogen-bond acceptors (Lipinski definition) is 7. The Morgan fingerprint density at radius 2 is 2.00 bits per heavy atom. The third-order valence-corrected chi connectivity index (χ3v) is 3.92. The molecule has 0 atom stereocenters. The van der Waals surface area contributed by atoms with Crippen LogP contribution in [0.1, 0.15) is 49.6 Å². The molecule has 0 saturated carbocycles. The van der Waals surface area contributed by atoms with Crippen LogP contribution in [-0.2, 0) is 17.6 Å². The number of nitrogens with zero attached hydrogens (tertiary/aromatic N) is 3. The number of halogens is 1. The van der Waals surface area contributed by atoms with Crippen LogP contribution in [0.3, 0.4) is 0 Å². The maximum atomic E-state index is 11.7. The first-order valence-corrected chi connectivity index (χ1v) is 9.52. The molecule has 0 aliphatic heterocycles. The molecule has 2 heterocycles. The van der Waals surface area contributed by atoms with Crippen molar-refractivity contribution in [3.05, 3.63) is 40.6 Å². The van der Waals surface area contributed by atoms with Gasteiger partial charge in [-0.1, -0.05) is 18.5 Å². The van der Waals surface area contributed by atoms with Crippen LogP contribution in [0.2, 0.25) is 5.15 Å². The van der Waals surface area contributed by atoms with Crippen LogP contribution in [0.15, 0.2) is 18.3 Å². The second-order valence-electron chi connectivity index (χ2n) is 7.22. The Balaban J connectivity index is 2.08. The minimum atomic E-state index is -0.706. The van der Waals surface area contributed by atoms with E-state index in [1.54, 1.807) is 39.1 Å². The molecule has 0 bridgehead atoms. The van der Waals surface area contributed by atoms with Gasteiger partial charge in [0.2, 0.25) is 0 Å². The van der Waals surface area contributed by atoms with E-state index in [0.717, 1.165) is 5.69 Å². The number of nitrogens with two attached hydrogens (primary N) is 1. The summed E-state index contributed by atoms with van der Waals surface area (Å²) < 4.78 is 5.19. The zero-order valence-corrected chi connectivity index (χ0v) is 17.6. The molecule has 29 heavy (non-hydrogen) atoms. The fraction of sp³-hybridized carbons (Fsp3) is 0.421. The van der Waals surface area contributed by atoms with Gasteiger partial charge in [-0.15, -0.1) is 0 Å². The first-order chi connectivity index (χ1) is 13.6. The minimum Gasteiger partial charge on any atom is -0.444 e. The Labute approximate surface area is 174 Å². The van der Waals surface area contributed by atoms with E-state index in [-0.39, 0.29) is 16.7 Å². The summed E-state index contributed by atoms with van der Waals surface area (Å²) in [5.74, 6) is -0.536. The van der Waals surface area contributed by atoms with Gasteiger partial charge in [-0.2, -0.15) is 0 Å². The lowest BCUT2D eigenvalue weighted by atomic mass is 10.2. The summed E-state index contributed by atoms with van der Waals surface area (Å²) in [5.41, 5.74) is 6.72. The number of hydrogen-bond donors (Lipinski definition) is 3. The van der Waals surface area contributed by atoms with Crippen LogP contribution >= 0.6 is 11.6 Å². The Morgan fingerprint density at radius 3 is 2.62 bits per heavy atom. The number of anilines is 2. The third kappa shape index (κ3) is 6.86. The molecule has 2 aromatic heterocycles. The summed E-state index contributed by atoms with van der Waals surface area (Å²) >= 11 is 6.12. The highest BCUT2D eigenvalue weighted by Crippen LogP contribution is 2.22. The molecule has 10 heteroatoms. The van der Waals surface area contributed by atoms with Crippen molar-refractivity contribution in [3.63, 3.8) is 0 Å². The third-order valence-electron chi connectivity index (χ3n) is 3.62. The number of aromatic nitrogens is 3. The van der Waals surface area contributed by atoms with Gasteiger partial charge in [0.1, 0.15) is 5.60 Å². The maximum absolute atomic E-state index is 11.7. The highest BCUT2D eigenvalue weighted by atomic mass is 35.5. The van der Waals surface area contributed by atoms with E-state index in [1.165, 1.54) is 0 Å². The summed E-state index contributed by atoms with van der Waals surface area (Å²) in [6.45, 7) is 7.60. The maximum Gasteiger partial charge on any atom is 0.407 e. The van der Waals surface area contributed by atoms with Gasteiger partial charge in [-0.25, -0.2) is 14.8 Å². The van der Waals surface area contributed by atoms with Crippen molar-refractivity contribution in [3.8, 4) is 0 Å². The molecular weight excluding hydrogens is 396 g/mol. The number of carbonyl (C=O) groups is 2. The first kappa shape index (κ1) is 22.4. The topological polar surface area (TPSA) is 132 Å². The predicted molar refractivity (Wildman–Crippen MR) is 110 cm³/mol. The molecule has 4 N–H and O–H groups in total. The second-order valence-corrected chi connectivity index (χ2v) is 7.57. The van der Waals surface area contributed by atoms with E-state index < -0.39 is 17.6 Å². The van der Waals surface area contributed by atoms with Gasteiger partial charge in [0.25, 0.3) is 5.91 Å². The molecule has 156 valence electrons. The Kier molecular flexibility index (Phi) is 7.33. The molecule has 2 rings (SSSR count). The smallest absolute Gasteiger partial charge is 0.407 e. The fourth-order valence-corrected chi connectivity index (χ4v) is 2.63. The van der Waals surface area contributed by atoms with E-state index in [4.69, 9.17) is 22.1 Å². The second kappa shape index (κ2) is 9.51. The monoisotopic (exact) mass is 420 g/mol.